The molecule has 27 heavy (non-hydrogen) atoms. The molecule has 2 saturated heterocycles. The van der Waals surface area contributed by atoms with Gasteiger partial charge in [0.05, 0.1) is 4.90 Å². The number of sulfonamides is 1. The van der Waals surface area contributed by atoms with Crippen LogP contribution in [0, 0.1) is 11.8 Å². The van der Waals surface area contributed by atoms with E-state index in [0.717, 1.165) is 25.8 Å². The largest absolute Gasteiger partial charge is 0.337 e. The summed E-state index contributed by atoms with van der Waals surface area (Å²) in [6.07, 6.45) is 3.06. The van der Waals surface area contributed by atoms with Gasteiger partial charge in [0.2, 0.25) is 10.0 Å². The van der Waals surface area contributed by atoms with E-state index in [2.05, 4.69) is 19.2 Å². The summed E-state index contributed by atoms with van der Waals surface area (Å²) in [4.78, 5) is 15.0. The van der Waals surface area contributed by atoms with Gasteiger partial charge in [0.25, 0.3) is 5.91 Å². The molecule has 0 saturated carbocycles. The van der Waals surface area contributed by atoms with Gasteiger partial charge in [0, 0.05) is 37.8 Å². The molecule has 150 valence electrons. The molecule has 0 aliphatic carbocycles. The molecule has 1 N–H and O–H groups in total. The smallest absolute Gasteiger partial charge is 0.253 e. The first-order valence-corrected chi connectivity index (χ1v) is 11.3. The lowest BCUT2D eigenvalue weighted by molar-refractivity contribution is 0.0698. The van der Waals surface area contributed by atoms with Crippen LogP contribution in [-0.2, 0) is 10.0 Å². The molecule has 2 heterocycles. The van der Waals surface area contributed by atoms with Crippen LogP contribution in [0.15, 0.2) is 29.2 Å². The number of hydrogen-bond acceptors (Lipinski definition) is 4. The van der Waals surface area contributed by atoms with Crippen LogP contribution in [0.5, 0.6) is 0 Å². The first-order chi connectivity index (χ1) is 12.8. The molecule has 3 atom stereocenters. The average Bonchev–Trinajstić information content (AvgIpc) is 2.66. The topological polar surface area (TPSA) is 69.7 Å². The molecule has 3 unspecified atom stereocenters. The van der Waals surface area contributed by atoms with Crippen LogP contribution < -0.4 is 5.32 Å². The van der Waals surface area contributed by atoms with Gasteiger partial charge in [-0.15, -0.1) is 0 Å². The molecule has 2 fully saturated rings. The van der Waals surface area contributed by atoms with Crippen molar-refractivity contribution >= 4 is 15.9 Å². The normalized spacial score (nSPS) is 27.5. The Balaban J connectivity index is 1.81. The molecule has 2 aliphatic heterocycles. The van der Waals surface area contributed by atoms with E-state index in [1.807, 2.05) is 11.9 Å². The maximum Gasteiger partial charge on any atom is 0.253 e. The minimum atomic E-state index is -3.58. The third-order valence-corrected chi connectivity index (χ3v) is 7.50. The molecule has 0 radical (unpaired) electrons. The standard InChI is InChI=1S/C20H31N3O3S/c1-15-10-16(2)13-23(12-15)27(25,26)19-8-4-6-17(11-19)20(24)22-9-5-7-18(14-22)21-3/h4,6,8,11,15-16,18,21H,5,7,9-10,12-14H2,1-3H3. The number of piperidine rings is 2. The van der Waals surface area contributed by atoms with Gasteiger partial charge in [-0.1, -0.05) is 19.9 Å². The van der Waals surface area contributed by atoms with Crippen molar-refractivity contribution in [3.8, 4) is 0 Å². The fourth-order valence-corrected chi connectivity index (χ4v) is 6.05. The molecule has 6 nitrogen and oxygen atoms in total. The molecular weight excluding hydrogens is 362 g/mol. The third-order valence-electron chi connectivity index (χ3n) is 5.67. The Morgan fingerprint density at radius 1 is 1.15 bits per heavy atom. The van der Waals surface area contributed by atoms with Crippen molar-refractivity contribution < 1.29 is 13.2 Å². The van der Waals surface area contributed by atoms with Crippen molar-refractivity contribution in [1.29, 1.82) is 0 Å². The SMILES string of the molecule is CNC1CCCN(C(=O)c2cccc(S(=O)(=O)N3CC(C)CC(C)C3)c2)C1. The van der Waals surface area contributed by atoms with E-state index in [1.54, 1.807) is 28.6 Å². The maximum absolute atomic E-state index is 13.1. The van der Waals surface area contributed by atoms with Crippen molar-refractivity contribution in [3.05, 3.63) is 29.8 Å². The maximum atomic E-state index is 13.1. The molecule has 1 aromatic carbocycles. The van der Waals surface area contributed by atoms with Gasteiger partial charge in [-0.3, -0.25) is 4.79 Å². The number of hydrogen-bond donors (Lipinski definition) is 1. The Bertz CT molecular complexity index is 770. The summed E-state index contributed by atoms with van der Waals surface area (Å²) >= 11 is 0. The number of carbonyl (C=O) groups excluding carboxylic acids is 1. The van der Waals surface area contributed by atoms with E-state index in [-0.39, 0.29) is 10.8 Å². The van der Waals surface area contributed by atoms with Gasteiger partial charge in [-0.25, -0.2) is 8.42 Å². The highest BCUT2D eigenvalue weighted by atomic mass is 32.2. The summed E-state index contributed by atoms with van der Waals surface area (Å²) < 4.78 is 27.8. The van der Waals surface area contributed by atoms with Crippen molar-refractivity contribution in [1.82, 2.24) is 14.5 Å². The Morgan fingerprint density at radius 2 is 1.85 bits per heavy atom. The van der Waals surface area contributed by atoms with Crippen LogP contribution in [0.4, 0.5) is 0 Å². The third kappa shape index (κ3) is 4.52. The quantitative estimate of drug-likeness (QED) is 0.851. The van der Waals surface area contributed by atoms with Gasteiger partial charge < -0.3 is 10.2 Å². The number of nitrogens with one attached hydrogen (secondary N) is 1. The summed E-state index contributed by atoms with van der Waals surface area (Å²) in [6, 6.07) is 6.83. The van der Waals surface area contributed by atoms with Gasteiger partial charge in [-0.2, -0.15) is 4.31 Å². The highest BCUT2D eigenvalue weighted by Gasteiger charge is 2.32. The van der Waals surface area contributed by atoms with Crippen LogP contribution in [0.2, 0.25) is 0 Å². The second-order valence-electron chi connectivity index (χ2n) is 8.17. The first-order valence-electron chi connectivity index (χ1n) is 9.88. The molecule has 1 aromatic rings. The zero-order valence-corrected chi connectivity index (χ0v) is 17.3. The van der Waals surface area contributed by atoms with E-state index in [0.29, 0.717) is 43.1 Å². The zero-order valence-electron chi connectivity index (χ0n) is 16.5. The Hall–Kier alpha value is -1.44. The minimum absolute atomic E-state index is 0.0904. The fraction of sp³-hybridized carbons (Fsp3) is 0.650. The number of likely N-dealkylation sites (tertiary alicyclic amines) is 1. The second kappa shape index (κ2) is 8.29. The number of amides is 1. The van der Waals surface area contributed by atoms with E-state index in [9.17, 15) is 13.2 Å². The van der Waals surface area contributed by atoms with Crippen LogP contribution in [0.25, 0.3) is 0 Å². The summed E-state index contributed by atoms with van der Waals surface area (Å²) in [6.45, 7) is 6.64. The van der Waals surface area contributed by atoms with Crippen LogP contribution in [0.3, 0.4) is 0 Å². The summed E-state index contributed by atoms with van der Waals surface area (Å²) in [5.41, 5.74) is 0.450. The lowest BCUT2D eigenvalue weighted by Gasteiger charge is -2.34. The van der Waals surface area contributed by atoms with E-state index < -0.39 is 10.0 Å². The molecule has 0 aromatic heterocycles. The number of likely N-dealkylation sites (N-methyl/N-ethyl adjacent to an activating group) is 1. The predicted octanol–water partition coefficient (Wildman–Crippen LogP) is 2.18. The summed E-state index contributed by atoms with van der Waals surface area (Å²) in [5, 5.41) is 3.23. The van der Waals surface area contributed by atoms with Crippen molar-refractivity contribution in [2.75, 3.05) is 33.2 Å². The molecular formula is C20H31N3O3S. The van der Waals surface area contributed by atoms with E-state index in [1.165, 1.54) is 0 Å². The highest BCUT2D eigenvalue weighted by Crippen LogP contribution is 2.27. The van der Waals surface area contributed by atoms with Crippen LogP contribution in [-0.4, -0.2) is 62.8 Å². The van der Waals surface area contributed by atoms with Gasteiger partial charge in [-0.05, 0) is 56.3 Å². The highest BCUT2D eigenvalue weighted by molar-refractivity contribution is 7.89. The number of nitrogens with zero attached hydrogens (tertiary/aromatic N) is 2. The lowest BCUT2D eigenvalue weighted by Crippen LogP contribution is -2.47. The van der Waals surface area contributed by atoms with Crippen LogP contribution in [0.1, 0.15) is 43.5 Å². The number of benzene rings is 1. The summed E-state index contributed by atoms with van der Waals surface area (Å²) in [7, 11) is -1.67. The summed E-state index contributed by atoms with van der Waals surface area (Å²) in [5.74, 6) is 0.604. The molecule has 0 spiro atoms. The van der Waals surface area contributed by atoms with Gasteiger partial charge >= 0.3 is 0 Å². The lowest BCUT2D eigenvalue weighted by atomic mass is 9.94. The van der Waals surface area contributed by atoms with E-state index >= 15 is 0 Å². The number of rotatable bonds is 4. The molecule has 3 rings (SSSR count). The van der Waals surface area contributed by atoms with Crippen molar-refractivity contribution in [2.45, 2.75) is 44.0 Å². The number of carbonyl (C=O) groups is 1. The average molecular weight is 394 g/mol. The van der Waals surface area contributed by atoms with Gasteiger partial charge in [0.1, 0.15) is 0 Å². The molecule has 1 amide bonds. The monoisotopic (exact) mass is 393 g/mol. The van der Waals surface area contributed by atoms with Gasteiger partial charge in [0.15, 0.2) is 0 Å². The predicted molar refractivity (Wildman–Crippen MR) is 106 cm³/mol. The molecule has 0 bridgehead atoms. The van der Waals surface area contributed by atoms with Crippen molar-refractivity contribution in [3.63, 3.8) is 0 Å². The Labute approximate surface area is 163 Å². The first kappa shape index (κ1) is 20.3. The van der Waals surface area contributed by atoms with Crippen LogP contribution >= 0.6 is 0 Å². The van der Waals surface area contributed by atoms with E-state index in [4.69, 9.17) is 0 Å². The zero-order chi connectivity index (χ0) is 19.6. The fourth-order valence-electron chi connectivity index (χ4n) is 4.32. The molecule has 7 heteroatoms. The molecule has 2 aliphatic rings. The second-order valence-corrected chi connectivity index (χ2v) is 10.1. The Morgan fingerprint density at radius 3 is 2.52 bits per heavy atom. The Kier molecular flexibility index (Phi) is 6.23. The van der Waals surface area contributed by atoms with Crippen molar-refractivity contribution in [2.24, 2.45) is 11.8 Å². The minimum Gasteiger partial charge on any atom is -0.337 e.